The van der Waals surface area contributed by atoms with Crippen LogP contribution in [0.25, 0.3) is 0 Å². The number of piperidine rings is 1. The van der Waals surface area contributed by atoms with Gasteiger partial charge in [0.1, 0.15) is 0 Å². The highest BCUT2D eigenvalue weighted by atomic mass is 32.2. The molecule has 1 fully saturated rings. The van der Waals surface area contributed by atoms with Gasteiger partial charge in [0.05, 0.1) is 12.0 Å². The van der Waals surface area contributed by atoms with E-state index in [9.17, 15) is 13.2 Å². The second kappa shape index (κ2) is 6.21. The van der Waals surface area contributed by atoms with Crippen LogP contribution in [0.5, 0.6) is 0 Å². The zero-order valence-corrected chi connectivity index (χ0v) is 12.8. The van der Waals surface area contributed by atoms with Gasteiger partial charge >= 0.3 is 5.97 Å². The van der Waals surface area contributed by atoms with Gasteiger partial charge in [-0.05, 0) is 31.2 Å². The minimum atomic E-state index is -3.56. The Kier molecular flexibility index (Phi) is 4.79. The van der Waals surface area contributed by atoms with Gasteiger partial charge < -0.3 is 5.11 Å². The lowest BCUT2D eigenvalue weighted by atomic mass is 9.99. The Morgan fingerprint density at radius 1 is 1.50 bits per heavy atom. The Labute approximate surface area is 122 Å². The second-order valence-corrected chi connectivity index (χ2v) is 7.55. The van der Waals surface area contributed by atoms with E-state index in [2.05, 4.69) is 4.72 Å². The maximum atomic E-state index is 12.2. The molecule has 0 radical (unpaired) electrons. The molecule has 6 nitrogen and oxygen atoms in total. The minimum absolute atomic E-state index is 0.253. The lowest BCUT2D eigenvalue weighted by molar-refractivity contribution is -0.142. The van der Waals surface area contributed by atoms with E-state index < -0.39 is 22.1 Å². The predicted molar refractivity (Wildman–Crippen MR) is 76.7 cm³/mol. The Bertz CT molecular complexity index is 548. The van der Waals surface area contributed by atoms with Gasteiger partial charge in [0.15, 0.2) is 0 Å². The molecule has 1 aromatic rings. The van der Waals surface area contributed by atoms with E-state index in [1.165, 1.54) is 15.6 Å². The number of hydrogen-bond acceptors (Lipinski definition) is 4. The summed E-state index contributed by atoms with van der Waals surface area (Å²) in [6, 6.07) is 3.48. The zero-order valence-electron chi connectivity index (χ0n) is 11.2. The molecule has 0 aromatic carbocycles. The number of carbonyl (C=O) groups is 1. The number of rotatable bonds is 5. The molecule has 2 heterocycles. The molecule has 0 unspecified atom stereocenters. The molecule has 8 heteroatoms. The zero-order chi connectivity index (χ0) is 14.8. The van der Waals surface area contributed by atoms with Crippen molar-refractivity contribution < 1.29 is 18.3 Å². The molecule has 2 N–H and O–H groups in total. The van der Waals surface area contributed by atoms with Gasteiger partial charge in [0, 0.05) is 18.0 Å². The van der Waals surface area contributed by atoms with Crippen molar-refractivity contribution in [3.63, 3.8) is 0 Å². The van der Waals surface area contributed by atoms with Gasteiger partial charge in [-0.25, -0.2) is 0 Å². The Morgan fingerprint density at radius 3 is 2.65 bits per heavy atom. The van der Waals surface area contributed by atoms with Crippen LogP contribution in [0.4, 0.5) is 0 Å². The molecule has 1 aromatic heterocycles. The van der Waals surface area contributed by atoms with Crippen LogP contribution in [-0.4, -0.2) is 36.9 Å². The number of carboxylic acids is 1. The van der Waals surface area contributed by atoms with Crippen LogP contribution in [0.1, 0.15) is 30.7 Å². The SMILES string of the molecule is C[C@@H](NS(=O)(=O)N1CCC(C(=O)O)CC1)c1cccs1. The summed E-state index contributed by atoms with van der Waals surface area (Å²) < 4.78 is 28.4. The normalized spacial score (nSPS) is 19.9. The quantitative estimate of drug-likeness (QED) is 0.860. The number of hydrogen-bond donors (Lipinski definition) is 2. The van der Waals surface area contributed by atoms with E-state index in [1.54, 1.807) is 6.92 Å². The Balaban J connectivity index is 1.96. The van der Waals surface area contributed by atoms with Crippen molar-refractivity contribution in [1.82, 2.24) is 9.03 Å². The molecular formula is C12H18N2O4S2. The lowest BCUT2D eigenvalue weighted by Gasteiger charge is -2.30. The third-order valence-corrected chi connectivity index (χ3v) is 6.19. The molecule has 112 valence electrons. The van der Waals surface area contributed by atoms with Crippen LogP contribution in [0, 0.1) is 5.92 Å². The van der Waals surface area contributed by atoms with Crippen LogP contribution in [0.3, 0.4) is 0 Å². The molecule has 0 aliphatic carbocycles. The van der Waals surface area contributed by atoms with Crippen LogP contribution < -0.4 is 4.72 Å². The van der Waals surface area contributed by atoms with E-state index in [0.29, 0.717) is 12.8 Å². The summed E-state index contributed by atoms with van der Waals surface area (Å²) in [5.74, 6) is -1.28. The van der Waals surface area contributed by atoms with Crippen molar-refractivity contribution >= 4 is 27.5 Å². The van der Waals surface area contributed by atoms with Crippen molar-refractivity contribution in [3.8, 4) is 0 Å². The maximum Gasteiger partial charge on any atom is 0.306 e. The van der Waals surface area contributed by atoms with Gasteiger partial charge in [-0.3, -0.25) is 4.79 Å². The fourth-order valence-electron chi connectivity index (χ4n) is 2.24. The van der Waals surface area contributed by atoms with Crippen molar-refractivity contribution in [2.24, 2.45) is 5.92 Å². The van der Waals surface area contributed by atoms with Crippen molar-refractivity contribution in [3.05, 3.63) is 22.4 Å². The average Bonchev–Trinajstić information content (AvgIpc) is 2.92. The first kappa shape index (κ1) is 15.4. The fourth-order valence-corrected chi connectivity index (χ4v) is 4.46. The van der Waals surface area contributed by atoms with Gasteiger partial charge in [-0.15, -0.1) is 11.3 Å². The topological polar surface area (TPSA) is 86.7 Å². The molecule has 0 bridgehead atoms. The first-order valence-electron chi connectivity index (χ1n) is 6.44. The number of aliphatic carboxylic acids is 1. The summed E-state index contributed by atoms with van der Waals surface area (Å²) in [7, 11) is -3.56. The molecule has 1 saturated heterocycles. The molecule has 1 aliphatic heterocycles. The number of nitrogens with one attached hydrogen (secondary N) is 1. The van der Waals surface area contributed by atoms with Crippen LogP contribution >= 0.6 is 11.3 Å². The summed E-state index contributed by atoms with van der Waals surface area (Å²) in [6.45, 7) is 2.31. The highest BCUT2D eigenvalue weighted by molar-refractivity contribution is 7.87. The highest BCUT2D eigenvalue weighted by Crippen LogP contribution is 2.22. The lowest BCUT2D eigenvalue weighted by Crippen LogP contribution is -2.46. The van der Waals surface area contributed by atoms with E-state index >= 15 is 0 Å². The summed E-state index contributed by atoms with van der Waals surface area (Å²) in [6.07, 6.45) is 0.729. The first-order chi connectivity index (χ1) is 9.40. The largest absolute Gasteiger partial charge is 0.481 e. The maximum absolute atomic E-state index is 12.2. The third kappa shape index (κ3) is 3.57. The molecule has 1 atom stereocenters. The molecule has 0 amide bonds. The molecule has 20 heavy (non-hydrogen) atoms. The van der Waals surface area contributed by atoms with Gasteiger partial charge in [-0.1, -0.05) is 6.07 Å². The summed E-state index contributed by atoms with van der Waals surface area (Å²) in [5, 5.41) is 10.8. The van der Waals surface area contributed by atoms with Gasteiger partial charge in [0.25, 0.3) is 10.2 Å². The number of thiophene rings is 1. The van der Waals surface area contributed by atoms with Gasteiger partial charge in [-0.2, -0.15) is 17.4 Å². The van der Waals surface area contributed by atoms with Crippen LogP contribution in [0.15, 0.2) is 17.5 Å². The Morgan fingerprint density at radius 2 is 2.15 bits per heavy atom. The first-order valence-corrected chi connectivity index (χ1v) is 8.75. The predicted octanol–water partition coefficient (Wildman–Crippen LogP) is 1.44. The number of carboxylic acid groups (broad SMARTS) is 1. The molecule has 2 rings (SSSR count). The minimum Gasteiger partial charge on any atom is -0.481 e. The third-order valence-electron chi connectivity index (χ3n) is 3.44. The highest BCUT2D eigenvalue weighted by Gasteiger charge is 2.31. The van der Waals surface area contributed by atoms with Gasteiger partial charge in [0.2, 0.25) is 0 Å². The van der Waals surface area contributed by atoms with Crippen molar-refractivity contribution in [1.29, 1.82) is 0 Å². The van der Waals surface area contributed by atoms with E-state index in [1.807, 2.05) is 17.5 Å². The average molecular weight is 318 g/mol. The van der Waals surface area contributed by atoms with Crippen LogP contribution in [0.2, 0.25) is 0 Å². The fraction of sp³-hybridized carbons (Fsp3) is 0.583. The molecule has 1 aliphatic rings. The van der Waals surface area contributed by atoms with Crippen molar-refractivity contribution in [2.75, 3.05) is 13.1 Å². The summed E-state index contributed by atoms with van der Waals surface area (Å²) in [4.78, 5) is 11.8. The second-order valence-electron chi connectivity index (χ2n) is 4.87. The summed E-state index contributed by atoms with van der Waals surface area (Å²) >= 11 is 1.50. The van der Waals surface area contributed by atoms with Crippen LogP contribution in [-0.2, 0) is 15.0 Å². The molecule has 0 saturated carbocycles. The summed E-state index contributed by atoms with van der Waals surface area (Å²) in [5.41, 5.74) is 0. The standard InChI is InChI=1S/C12H18N2O4S2/c1-9(11-3-2-8-19-11)13-20(17,18)14-6-4-10(5-7-14)12(15)16/h2-3,8-10,13H,4-7H2,1H3,(H,15,16)/t9-/m1/s1. The molecular weight excluding hydrogens is 300 g/mol. The van der Waals surface area contributed by atoms with Crippen molar-refractivity contribution in [2.45, 2.75) is 25.8 Å². The smallest absolute Gasteiger partial charge is 0.306 e. The Hall–Kier alpha value is -0.960. The molecule has 0 spiro atoms. The number of nitrogens with zero attached hydrogens (tertiary/aromatic N) is 1. The van der Waals surface area contributed by atoms with E-state index in [-0.39, 0.29) is 19.1 Å². The van der Waals surface area contributed by atoms with E-state index in [4.69, 9.17) is 5.11 Å². The monoisotopic (exact) mass is 318 g/mol. The van der Waals surface area contributed by atoms with E-state index in [0.717, 1.165) is 4.88 Å².